The molecule has 0 unspecified atom stereocenters. The second kappa shape index (κ2) is 5.75. The van der Waals surface area contributed by atoms with Gasteiger partial charge in [-0.05, 0) is 12.1 Å². The van der Waals surface area contributed by atoms with Gasteiger partial charge in [0.25, 0.3) is 5.91 Å². The minimum atomic E-state index is -4.75. The van der Waals surface area contributed by atoms with Gasteiger partial charge >= 0.3 is 12.1 Å². The van der Waals surface area contributed by atoms with E-state index in [-0.39, 0.29) is 5.56 Å². The van der Waals surface area contributed by atoms with Gasteiger partial charge in [-0.1, -0.05) is 17.7 Å². The molecule has 1 aromatic carbocycles. The Labute approximate surface area is 127 Å². The van der Waals surface area contributed by atoms with E-state index in [0.29, 0.717) is 0 Å². The van der Waals surface area contributed by atoms with Gasteiger partial charge in [0.15, 0.2) is 0 Å². The molecule has 0 radical (unpaired) electrons. The second-order valence-electron chi connectivity index (χ2n) is 4.90. The normalized spacial score (nSPS) is 22.0. The Morgan fingerprint density at radius 1 is 1.27 bits per heavy atom. The lowest BCUT2D eigenvalue weighted by atomic mass is 9.96. The molecule has 1 fully saturated rings. The third-order valence-electron chi connectivity index (χ3n) is 3.53. The first-order valence-electron chi connectivity index (χ1n) is 6.15. The molecule has 4 nitrogen and oxygen atoms in total. The number of carboxylic acids is 1. The molecule has 1 saturated heterocycles. The van der Waals surface area contributed by atoms with E-state index in [9.17, 15) is 27.2 Å². The SMILES string of the molecule is O=C(O)[C@@H]1CN(C(=O)c2cccc(F)c2Cl)C[C@H]1C(F)(F)F. The maximum atomic E-state index is 13.3. The van der Waals surface area contributed by atoms with Crippen molar-refractivity contribution in [1.82, 2.24) is 4.90 Å². The number of aliphatic carboxylic acids is 1. The smallest absolute Gasteiger partial charge is 0.394 e. The summed E-state index contributed by atoms with van der Waals surface area (Å²) in [4.78, 5) is 23.9. The number of rotatable bonds is 2. The van der Waals surface area contributed by atoms with E-state index in [0.717, 1.165) is 11.0 Å². The van der Waals surface area contributed by atoms with Crippen LogP contribution in [0.5, 0.6) is 0 Å². The molecular weight excluding hydrogens is 330 g/mol. The van der Waals surface area contributed by atoms with Crippen molar-refractivity contribution < 1.29 is 32.3 Å². The molecular formula is C13H10ClF4NO3. The van der Waals surface area contributed by atoms with E-state index in [1.54, 1.807) is 0 Å². The van der Waals surface area contributed by atoms with Gasteiger partial charge in [0, 0.05) is 13.1 Å². The molecule has 1 aromatic rings. The summed E-state index contributed by atoms with van der Waals surface area (Å²) in [7, 11) is 0. The molecule has 1 aliphatic rings. The van der Waals surface area contributed by atoms with Gasteiger partial charge in [-0.15, -0.1) is 0 Å². The third-order valence-corrected chi connectivity index (χ3v) is 3.91. The van der Waals surface area contributed by atoms with Crippen LogP contribution in [0.4, 0.5) is 17.6 Å². The molecule has 1 N–H and O–H groups in total. The quantitative estimate of drug-likeness (QED) is 0.843. The average molecular weight is 340 g/mol. The molecule has 1 heterocycles. The highest BCUT2D eigenvalue weighted by atomic mass is 35.5. The topological polar surface area (TPSA) is 57.6 Å². The number of nitrogens with zero attached hydrogens (tertiary/aromatic N) is 1. The van der Waals surface area contributed by atoms with Crippen LogP contribution in [-0.4, -0.2) is 41.1 Å². The predicted octanol–water partition coefficient (Wildman–Crippen LogP) is 2.81. The first-order chi connectivity index (χ1) is 10.1. The number of likely N-dealkylation sites (tertiary alicyclic amines) is 1. The molecule has 0 aromatic heterocycles. The molecule has 0 saturated carbocycles. The molecule has 1 amide bonds. The van der Waals surface area contributed by atoms with Gasteiger partial charge in [-0.25, -0.2) is 4.39 Å². The Morgan fingerprint density at radius 3 is 2.41 bits per heavy atom. The Kier molecular flexibility index (Phi) is 4.32. The fraction of sp³-hybridized carbons (Fsp3) is 0.385. The van der Waals surface area contributed by atoms with Crippen molar-refractivity contribution in [2.45, 2.75) is 6.18 Å². The molecule has 22 heavy (non-hydrogen) atoms. The summed E-state index contributed by atoms with van der Waals surface area (Å²) in [6.07, 6.45) is -4.75. The minimum absolute atomic E-state index is 0.298. The van der Waals surface area contributed by atoms with Crippen LogP contribution in [0.2, 0.25) is 5.02 Å². The Morgan fingerprint density at radius 2 is 1.91 bits per heavy atom. The number of hydrogen-bond acceptors (Lipinski definition) is 2. The number of hydrogen-bond donors (Lipinski definition) is 1. The lowest BCUT2D eigenvalue weighted by Crippen LogP contribution is -2.34. The number of carbonyl (C=O) groups is 2. The average Bonchev–Trinajstić information content (AvgIpc) is 2.86. The van der Waals surface area contributed by atoms with E-state index in [1.165, 1.54) is 12.1 Å². The van der Waals surface area contributed by atoms with Gasteiger partial charge in [-0.3, -0.25) is 9.59 Å². The van der Waals surface area contributed by atoms with Crippen LogP contribution in [0.25, 0.3) is 0 Å². The van der Waals surface area contributed by atoms with Gasteiger partial charge in [-0.2, -0.15) is 13.2 Å². The minimum Gasteiger partial charge on any atom is -0.481 e. The summed E-state index contributed by atoms with van der Waals surface area (Å²) in [6, 6.07) is 3.37. The fourth-order valence-electron chi connectivity index (χ4n) is 2.39. The zero-order chi connectivity index (χ0) is 16.7. The van der Waals surface area contributed by atoms with E-state index >= 15 is 0 Å². The molecule has 120 valence electrons. The van der Waals surface area contributed by atoms with Crippen molar-refractivity contribution in [3.8, 4) is 0 Å². The molecule has 0 aliphatic carbocycles. The Bertz CT molecular complexity index is 620. The van der Waals surface area contributed by atoms with Crippen LogP contribution in [0.3, 0.4) is 0 Å². The molecule has 2 rings (SSSR count). The number of carboxylic acid groups (broad SMARTS) is 1. The van der Waals surface area contributed by atoms with Crippen LogP contribution < -0.4 is 0 Å². The molecule has 9 heteroatoms. The van der Waals surface area contributed by atoms with Crippen LogP contribution in [0.15, 0.2) is 18.2 Å². The Hall–Kier alpha value is -1.83. The van der Waals surface area contributed by atoms with E-state index in [2.05, 4.69) is 0 Å². The van der Waals surface area contributed by atoms with Gasteiger partial charge < -0.3 is 10.0 Å². The van der Waals surface area contributed by atoms with Crippen molar-refractivity contribution >= 4 is 23.5 Å². The van der Waals surface area contributed by atoms with Gasteiger partial charge in [0.2, 0.25) is 0 Å². The van der Waals surface area contributed by atoms with Gasteiger partial charge in [0.05, 0.1) is 22.4 Å². The fourth-order valence-corrected chi connectivity index (χ4v) is 2.60. The highest BCUT2D eigenvalue weighted by Crippen LogP contribution is 2.38. The molecule has 1 aliphatic heterocycles. The van der Waals surface area contributed by atoms with E-state index in [1.807, 2.05) is 0 Å². The first-order valence-corrected chi connectivity index (χ1v) is 6.53. The van der Waals surface area contributed by atoms with Crippen molar-refractivity contribution in [3.05, 3.63) is 34.6 Å². The maximum Gasteiger partial charge on any atom is 0.394 e. The summed E-state index contributed by atoms with van der Waals surface area (Å²) in [5.41, 5.74) is -0.298. The van der Waals surface area contributed by atoms with Gasteiger partial charge in [0.1, 0.15) is 5.82 Å². The largest absolute Gasteiger partial charge is 0.481 e. The number of amides is 1. The third kappa shape index (κ3) is 3.01. The summed E-state index contributed by atoms with van der Waals surface area (Å²) < 4.78 is 51.9. The standard InChI is InChI=1S/C13H10ClF4NO3/c14-10-6(2-1-3-9(10)15)11(20)19-4-7(12(21)22)8(5-19)13(16,17)18/h1-3,7-8H,4-5H2,(H,21,22)/t7-,8-/m1/s1. The van der Waals surface area contributed by atoms with Crippen LogP contribution in [0.1, 0.15) is 10.4 Å². The predicted molar refractivity (Wildman–Crippen MR) is 68.0 cm³/mol. The summed E-state index contributed by atoms with van der Waals surface area (Å²) >= 11 is 5.63. The van der Waals surface area contributed by atoms with Crippen LogP contribution >= 0.6 is 11.6 Å². The molecule has 0 spiro atoms. The van der Waals surface area contributed by atoms with Crippen LogP contribution in [-0.2, 0) is 4.79 Å². The van der Waals surface area contributed by atoms with Crippen molar-refractivity contribution in [2.75, 3.05) is 13.1 Å². The number of alkyl halides is 3. The number of carbonyl (C=O) groups excluding carboxylic acids is 1. The first kappa shape index (κ1) is 16.5. The zero-order valence-corrected chi connectivity index (χ0v) is 11.7. The zero-order valence-electron chi connectivity index (χ0n) is 10.9. The second-order valence-corrected chi connectivity index (χ2v) is 5.28. The van der Waals surface area contributed by atoms with E-state index < -0.39 is 53.8 Å². The van der Waals surface area contributed by atoms with Crippen molar-refractivity contribution in [3.63, 3.8) is 0 Å². The molecule has 0 bridgehead atoms. The van der Waals surface area contributed by atoms with E-state index in [4.69, 9.17) is 16.7 Å². The monoisotopic (exact) mass is 339 g/mol. The lowest BCUT2D eigenvalue weighted by molar-refractivity contribution is -0.187. The lowest BCUT2D eigenvalue weighted by Gasteiger charge is -2.18. The van der Waals surface area contributed by atoms with Crippen molar-refractivity contribution in [1.29, 1.82) is 0 Å². The Balaban J connectivity index is 2.29. The number of benzene rings is 1. The summed E-state index contributed by atoms with van der Waals surface area (Å²) in [5.74, 6) is -7.36. The highest BCUT2D eigenvalue weighted by molar-refractivity contribution is 6.34. The molecule has 2 atom stereocenters. The number of halogens is 5. The van der Waals surface area contributed by atoms with Crippen molar-refractivity contribution in [2.24, 2.45) is 11.8 Å². The highest BCUT2D eigenvalue weighted by Gasteiger charge is 2.53. The van der Waals surface area contributed by atoms with Crippen LogP contribution in [0, 0.1) is 17.7 Å². The summed E-state index contributed by atoms with van der Waals surface area (Å²) in [5, 5.41) is 8.39. The summed E-state index contributed by atoms with van der Waals surface area (Å²) in [6.45, 7) is -1.41. The maximum absolute atomic E-state index is 13.3.